The number of benzene rings is 1. The average molecular weight is 309 g/mol. The number of ether oxygens (including phenoxy) is 1. The summed E-state index contributed by atoms with van der Waals surface area (Å²) >= 11 is 0. The standard InChI is InChI=1S/C17H27NO4/c1-4-22-14-7-5-13(6-8-14)16(19)9-10-18-15(17(20)21)11-12(2)3/h5-8,12,15-16,18-19H,4,9-11H2,1-3H3,(H,20,21). The molecule has 1 aromatic rings. The van der Waals surface area contributed by atoms with Gasteiger partial charge in [0.05, 0.1) is 12.7 Å². The number of aliphatic hydroxyl groups excluding tert-OH is 1. The first kappa shape index (κ1) is 18.5. The van der Waals surface area contributed by atoms with E-state index in [1.807, 2.05) is 45.0 Å². The van der Waals surface area contributed by atoms with E-state index in [-0.39, 0.29) is 0 Å². The van der Waals surface area contributed by atoms with Gasteiger partial charge in [0, 0.05) is 0 Å². The van der Waals surface area contributed by atoms with Crippen LogP contribution >= 0.6 is 0 Å². The van der Waals surface area contributed by atoms with Crippen molar-refractivity contribution in [3.05, 3.63) is 29.8 Å². The summed E-state index contributed by atoms with van der Waals surface area (Å²) in [6, 6.07) is 6.76. The summed E-state index contributed by atoms with van der Waals surface area (Å²) in [5, 5.41) is 22.3. The molecule has 0 aliphatic rings. The molecule has 0 radical (unpaired) electrons. The fourth-order valence-corrected chi connectivity index (χ4v) is 2.26. The molecule has 3 N–H and O–H groups in total. The van der Waals surface area contributed by atoms with E-state index in [1.165, 1.54) is 0 Å². The Morgan fingerprint density at radius 3 is 2.41 bits per heavy atom. The van der Waals surface area contributed by atoms with Gasteiger partial charge in [-0.2, -0.15) is 0 Å². The van der Waals surface area contributed by atoms with E-state index >= 15 is 0 Å². The molecule has 0 saturated carbocycles. The molecule has 0 aliphatic heterocycles. The molecule has 1 rings (SSSR count). The molecule has 124 valence electrons. The third kappa shape index (κ3) is 6.45. The van der Waals surface area contributed by atoms with Gasteiger partial charge in [0.1, 0.15) is 11.8 Å². The summed E-state index contributed by atoms with van der Waals surface area (Å²) in [5.74, 6) is 0.244. The summed E-state index contributed by atoms with van der Waals surface area (Å²) in [6.45, 7) is 6.97. The van der Waals surface area contributed by atoms with E-state index in [2.05, 4.69) is 5.32 Å². The molecule has 2 unspecified atom stereocenters. The van der Waals surface area contributed by atoms with E-state index in [0.29, 0.717) is 31.9 Å². The van der Waals surface area contributed by atoms with E-state index in [4.69, 9.17) is 9.84 Å². The molecule has 0 aromatic heterocycles. The van der Waals surface area contributed by atoms with E-state index in [1.54, 1.807) is 0 Å². The molecule has 1 aromatic carbocycles. The van der Waals surface area contributed by atoms with Crippen molar-refractivity contribution in [2.24, 2.45) is 5.92 Å². The van der Waals surface area contributed by atoms with E-state index in [0.717, 1.165) is 11.3 Å². The van der Waals surface area contributed by atoms with Crippen molar-refractivity contribution < 1.29 is 19.7 Å². The highest BCUT2D eigenvalue weighted by molar-refractivity contribution is 5.73. The lowest BCUT2D eigenvalue weighted by atomic mass is 10.0. The largest absolute Gasteiger partial charge is 0.494 e. The minimum atomic E-state index is -0.843. The van der Waals surface area contributed by atoms with Crippen molar-refractivity contribution in [3.8, 4) is 5.75 Å². The molecule has 0 aliphatic carbocycles. The number of carbonyl (C=O) groups is 1. The second kappa shape index (κ2) is 9.43. The summed E-state index contributed by atoms with van der Waals surface area (Å²) in [5.41, 5.74) is 0.806. The molecule has 0 amide bonds. The van der Waals surface area contributed by atoms with Gasteiger partial charge >= 0.3 is 5.97 Å². The van der Waals surface area contributed by atoms with Gasteiger partial charge in [0.25, 0.3) is 0 Å². The van der Waals surface area contributed by atoms with Crippen LogP contribution < -0.4 is 10.1 Å². The lowest BCUT2D eigenvalue weighted by Crippen LogP contribution is -2.38. The van der Waals surface area contributed by atoms with Crippen molar-refractivity contribution in [2.45, 2.75) is 45.8 Å². The van der Waals surface area contributed by atoms with Gasteiger partial charge in [-0.05, 0) is 49.9 Å². The van der Waals surface area contributed by atoms with Crippen LogP contribution in [0.1, 0.15) is 45.3 Å². The molecule has 0 heterocycles. The maximum atomic E-state index is 11.1. The van der Waals surface area contributed by atoms with Crippen LogP contribution in [0.3, 0.4) is 0 Å². The molecular weight excluding hydrogens is 282 g/mol. The van der Waals surface area contributed by atoms with E-state index < -0.39 is 18.1 Å². The number of aliphatic hydroxyl groups is 1. The monoisotopic (exact) mass is 309 g/mol. The molecule has 2 atom stereocenters. The first-order valence-corrected chi connectivity index (χ1v) is 7.81. The zero-order valence-electron chi connectivity index (χ0n) is 13.6. The van der Waals surface area contributed by atoms with Gasteiger partial charge in [0.15, 0.2) is 0 Å². The predicted octanol–water partition coefficient (Wildman–Crippen LogP) is 2.60. The Morgan fingerprint density at radius 1 is 1.27 bits per heavy atom. The Labute approximate surface area is 132 Å². The maximum absolute atomic E-state index is 11.1. The number of rotatable bonds is 10. The normalized spacial score (nSPS) is 13.9. The average Bonchev–Trinajstić information content (AvgIpc) is 2.46. The van der Waals surface area contributed by atoms with Crippen molar-refractivity contribution in [3.63, 3.8) is 0 Å². The highest BCUT2D eigenvalue weighted by Crippen LogP contribution is 2.20. The third-order valence-electron chi connectivity index (χ3n) is 3.39. The van der Waals surface area contributed by atoms with Crippen LogP contribution in [0.4, 0.5) is 0 Å². The van der Waals surface area contributed by atoms with Gasteiger partial charge in [0.2, 0.25) is 0 Å². The Hall–Kier alpha value is -1.59. The predicted molar refractivity (Wildman–Crippen MR) is 86.1 cm³/mol. The van der Waals surface area contributed by atoms with E-state index in [9.17, 15) is 9.90 Å². The molecule has 22 heavy (non-hydrogen) atoms. The summed E-state index contributed by atoms with van der Waals surface area (Å²) in [6.07, 6.45) is 0.432. The lowest BCUT2D eigenvalue weighted by molar-refractivity contribution is -0.139. The second-order valence-corrected chi connectivity index (χ2v) is 5.78. The SMILES string of the molecule is CCOc1ccc(C(O)CCNC(CC(C)C)C(=O)O)cc1. The highest BCUT2D eigenvalue weighted by atomic mass is 16.5. The van der Waals surface area contributed by atoms with Crippen LogP contribution in [0, 0.1) is 5.92 Å². The fourth-order valence-electron chi connectivity index (χ4n) is 2.26. The highest BCUT2D eigenvalue weighted by Gasteiger charge is 2.18. The van der Waals surface area contributed by atoms with Gasteiger partial charge < -0.3 is 20.3 Å². The third-order valence-corrected chi connectivity index (χ3v) is 3.39. The van der Waals surface area contributed by atoms with Crippen molar-refractivity contribution in [2.75, 3.05) is 13.2 Å². The van der Waals surface area contributed by atoms with Crippen molar-refractivity contribution >= 4 is 5.97 Å². The van der Waals surface area contributed by atoms with Gasteiger partial charge in [-0.3, -0.25) is 4.79 Å². The zero-order chi connectivity index (χ0) is 16.5. The van der Waals surface area contributed by atoms with Crippen LogP contribution in [0.5, 0.6) is 5.75 Å². The number of hydrogen-bond donors (Lipinski definition) is 3. The second-order valence-electron chi connectivity index (χ2n) is 5.78. The summed E-state index contributed by atoms with van der Waals surface area (Å²) in [7, 11) is 0. The van der Waals surface area contributed by atoms with Gasteiger partial charge in [-0.15, -0.1) is 0 Å². The number of aliphatic carboxylic acids is 1. The molecule has 0 saturated heterocycles. The molecular formula is C17H27NO4. The van der Waals surface area contributed by atoms with Gasteiger partial charge in [-0.1, -0.05) is 26.0 Å². The fraction of sp³-hybridized carbons (Fsp3) is 0.588. The van der Waals surface area contributed by atoms with Crippen LogP contribution in [0.2, 0.25) is 0 Å². The smallest absolute Gasteiger partial charge is 0.320 e. The Balaban J connectivity index is 2.44. The van der Waals surface area contributed by atoms with Crippen molar-refractivity contribution in [1.82, 2.24) is 5.32 Å². The first-order valence-electron chi connectivity index (χ1n) is 7.81. The number of nitrogens with one attached hydrogen (secondary N) is 1. The zero-order valence-corrected chi connectivity index (χ0v) is 13.6. The van der Waals surface area contributed by atoms with Crippen LogP contribution in [-0.2, 0) is 4.79 Å². The summed E-state index contributed by atoms with van der Waals surface area (Å²) in [4.78, 5) is 11.1. The van der Waals surface area contributed by atoms with Gasteiger partial charge in [-0.25, -0.2) is 0 Å². The number of hydrogen-bond acceptors (Lipinski definition) is 4. The van der Waals surface area contributed by atoms with Crippen molar-refractivity contribution in [1.29, 1.82) is 0 Å². The summed E-state index contributed by atoms with van der Waals surface area (Å²) < 4.78 is 5.36. The lowest BCUT2D eigenvalue weighted by Gasteiger charge is -2.18. The molecule has 0 fully saturated rings. The maximum Gasteiger partial charge on any atom is 0.320 e. The Morgan fingerprint density at radius 2 is 1.91 bits per heavy atom. The first-order chi connectivity index (χ1) is 10.4. The molecule has 5 nitrogen and oxygen atoms in total. The minimum absolute atomic E-state index is 0.310. The minimum Gasteiger partial charge on any atom is -0.494 e. The Bertz CT molecular complexity index is 444. The van der Waals surface area contributed by atoms with Crippen LogP contribution in [0.25, 0.3) is 0 Å². The molecule has 5 heteroatoms. The quantitative estimate of drug-likeness (QED) is 0.619. The molecule has 0 spiro atoms. The van der Waals surface area contributed by atoms with Crippen LogP contribution in [0.15, 0.2) is 24.3 Å². The topological polar surface area (TPSA) is 78.8 Å². The number of carboxylic acid groups (broad SMARTS) is 1. The Kier molecular flexibility index (Phi) is 7.91. The molecule has 0 bridgehead atoms. The number of carboxylic acids is 1. The van der Waals surface area contributed by atoms with Crippen LogP contribution in [-0.4, -0.2) is 35.4 Å².